The van der Waals surface area contributed by atoms with Crippen molar-refractivity contribution in [1.29, 1.82) is 0 Å². The molecule has 0 spiro atoms. The molecule has 0 aliphatic carbocycles. The van der Waals surface area contributed by atoms with Crippen LogP contribution in [0.25, 0.3) is 22.4 Å². The molecule has 28 heavy (non-hydrogen) atoms. The van der Waals surface area contributed by atoms with Crippen molar-refractivity contribution < 1.29 is 18.4 Å². The predicted molar refractivity (Wildman–Crippen MR) is 105 cm³/mol. The molecule has 2 aromatic carbocycles. The summed E-state index contributed by atoms with van der Waals surface area (Å²) in [6.07, 6.45) is 0. The van der Waals surface area contributed by atoms with Gasteiger partial charge in [0.15, 0.2) is 11.3 Å². The zero-order chi connectivity index (χ0) is 19.7. The van der Waals surface area contributed by atoms with E-state index in [1.807, 2.05) is 6.07 Å². The second-order valence-corrected chi connectivity index (χ2v) is 6.45. The van der Waals surface area contributed by atoms with Crippen molar-refractivity contribution in [2.45, 2.75) is 6.92 Å². The summed E-state index contributed by atoms with van der Waals surface area (Å²) in [5.74, 6) is -0.0658. The molecule has 140 valence electrons. The van der Waals surface area contributed by atoms with Crippen LogP contribution < -0.4 is 10.6 Å². The van der Waals surface area contributed by atoms with Crippen LogP contribution in [0.1, 0.15) is 17.5 Å². The van der Waals surface area contributed by atoms with Gasteiger partial charge in [-0.3, -0.25) is 14.9 Å². The molecule has 7 nitrogen and oxygen atoms in total. The Labute approximate surface area is 164 Å². The third kappa shape index (κ3) is 3.74. The molecular formula is C20H14ClN3O4. The highest BCUT2D eigenvalue weighted by Gasteiger charge is 2.16. The first-order chi connectivity index (χ1) is 13.5. The highest BCUT2D eigenvalue weighted by molar-refractivity contribution is 6.30. The molecule has 0 aliphatic heterocycles. The van der Waals surface area contributed by atoms with Crippen LogP contribution in [0.3, 0.4) is 0 Å². The van der Waals surface area contributed by atoms with Crippen molar-refractivity contribution in [1.82, 2.24) is 4.98 Å². The minimum absolute atomic E-state index is 0.0284. The second kappa shape index (κ2) is 7.21. The minimum Gasteiger partial charge on any atom is -0.451 e. The molecule has 0 bridgehead atoms. The number of furan rings is 1. The number of benzene rings is 2. The largest absolute Gasteiger partial charge is 0.451 e. The van der Waals surface area contributed by atoms with Crippen LogP contribution in [-0.2, 0) is 4.79 Å². The minimum atomic E-state index is -0.498. The number of amides is 2. The maximum Gasteiger partial charge on any atom is 0.302 e. The standard InChI is InChI=1S/C20H14ClN3O4/c1-11(25)22-14-5-6-15-18(10-14)28-20(23-15)24-19(26)17-8-7-16(27-17)12-3-2-4-13(21)9-12/h2-10H,1H3,(H,22,25)(H,23,24,26). The van der Waals surface area contributed by atoms with Crippen molar-refractivity contribution in [3.8, 4) is 11.3 Å². The van der Waals surface area contributed by atoms with E-state index in [-0.39, 0.29) is 17.7 Å². The number of carbonyl (C=O) groups excluding carboxylic acids is 2. The number of hydrogen-bond acceptors (Lipinski definition) is 5. The van der Waals surface area contributed by atoms with Crippen LogP contribution in [-0.4, -0.2) is 16.8 Å². The molecule has 8 heteroatoms. The number of anilines is 2. The summed E-state index contributed by atoms with van der Waals surface area (Å²) in [6, 6.07) is 15.4. The van der Waals surface area contributed by atoms with Gasteiger partial charge in [0.05, 0.1) is 0 Å². The number of hydrogen-bond donors (Lipinski definition) is 2. The Kier molecular flexibility index (Phi) is 4.58. The zero-order valence-electron chi connectivity index (χ0n) is 14.7. The quantitative estimate of drug-likeness (QED) is 0.509. The number of fused-ring (bicyclic) bond motifs is 1. The summed E-state index contributed by atoms with van der Waals surface area (Å²) in [4.78, 5) is 27.8. The van der Waals surface area contributed by atoms with Crippen LogP contribution in [0.4, 0.5) is 11.7 Å². The molecule has 4 rings (SSSR count). The maximum atomic E-state index is 12.4. The van der Waals surface area contributed by atoms with Crippen molar-refractivity contribution in [2.75, 3.05) is 10.6 Å². The molecule has 0 saturated carbocycles. The topological polar surface area (TPSA) is 97.4 Å². The first kappa shape index (κ1) is 17.8. The van der Waals surface area contributed by atoms with Crippen LogP contribution >= 0.6 is 11.6 Å². The van der Waals surface area contributed by atoms with E-state index < -0.39 is 5.91 Å². The fourth-order valence-corrected chi connectivity index (χ4v) is 2.86. The number of nitrogens with one attached hydrogen (secondary N) is 2. The van der Waals surface area contributed by atoms with E-state index in [4.69, 9.17) is 20.4 Å². The fraction of sp³-hybridized carbons (Fsp3) is 0.0500. The monoisotopic (exact) mass is 395 g/mol. The van der Waals surface area contributed by atoms with Gasteiger partial charge in [-0.05, 0) is 36.4 Å². The van der Waals surface area contributed by atoms with Gasteiger partial charge in [-0.2, -0.15) is 4.98 Å². The average Bonchev–Trinajstić information content (AvgIpc) is 3.27. The van der Waals surface area contributed by atoms with Crippen LogP contribution in [0.2, 0.25) is 5.02 Å². The van der Waals surface area contributed by atoms with Crippen molar-refractivity contribution >= 4 is 46.2 Å². The van der Waals surface area contributed by atoms with E-state index >= 15 is 0 Å². The Morgan fingerprint density at radius 2 is 1.86 bits per heavy atom. The highest BCUT2D eigenvalue weighted by atomic mass is 35.5. The number of halogens is 1. The average molecular weight is 396 g/mol. The Morgan fingerprint density at radius 1 is 1.00 bits per heavy atom. The lowest BCUT2D eigenvalue weighted by Crippen LogP contribution is -2.10. The van der Waals surface area contributed by atoms with Crippen molar-refractivity contribution in [2.24, 2.45) is 0 Å². The van der Waals surface area contributed by atoms with Gasteiger partial charge in [0.2, 0.25) is 5.91 Å². The highest BCUT2D eigenvalue weighted by Crippen LogP contribution is 2.26. The molecule has 2 heterocycles. The lowest BCUT2D eigenvalue weighted by Gasteiger charge is -1.99. The lowest BCUT2D eigenvalue weighted by atomic mass is 10.2. The molecule has 0 saturated heterocycles. The van der Waals surface area contributed by atoms with Gasteiger partial charge in [-0.1, -0.05) is 23.7 Å². The Bertz CT molecular complexity index is 1200. The van der Waals surface area contributed by atoms with E-state index in [9.17, 15) is 9.59 Å². The Balaban J connectivity index is 1.53. The number of rotatable bonds is 4. The third-order valence-electron chi connectivity index (χ3n) is 3.87. The van der Waals surface area contributed by atoms with Gasteiger partial charge in [0.25, 0.3) is 5.91 Å². The molecule has 0 fully saturated rings. The number of aromatic nitrogens is 1. The molecule has 2 aromatic heterocycles. The van der Waals surface area contributed by atoms with Crippen molar-refractivity contribution in [3.05, 3.63) is 65.4 Å². The summed E-state index contributed by atoms with van der Waals surface area (Å²) >= 11 is 5.98. The van der Waals surface area contributed by atoms with E-state index in [0.717, 1.165) is 5.56 Å². The summed E-state index contributed by atoms with van der Waals surface area (Å²) in [6.45, 7) is 1.41. The van der Waals surface area contributed by atoms with Gasteiger partial charge in [0, 0.05) is 29.3 Å². The first-order valence-corrected chi connectivity index (χ1v) is 8.71. The van der Waals surface area contributed by atoms with E-state index in [2.05, 4.69) is 15.6 Å². The van der Waals surface area contributed by atoms with E-state index in [1.54, 1.807) is 48.5 Å². The number of nitrogens with zero attached hydrogens (tertiary/aromatic N) is 1. The van der Waals surface area contributed by atoms with Crippen LogP contribution in [0.5, 0.6) is 0 Å². The predicted octanol–water partition coefficient (Wildman–Crippen LogP) is 4.95. The molecule has 0 atom stereocenters. The van der Waals surface area contributed by atoms with Gasteiger partial charge in [-0.15, -0.1) is 0 Å². The number of oxazole rings is 1. The summed E-state index contributed by atoms with van der Waals surface area (Å²) in [7, 11) is 0. The molecule has 2 amide bonds. The smallest absolute Gasteiger partial charge is 0.302 e. The van der Waals surface area contributed by atoms with E-state index in [0.29, 0.717) is 27.6 Å². The fourth-order valence-electron chi connectivity index (χ4n) is 2.67. The molecule has 4 aromatic rings. The van der Waals surface area contributed by atoms with Gasteiger partial charge in [0.1, 0.15) is 11.3 Å². The second-order valence-electron chi connectivity index (χ2n) is 6.01. The number of carbonyl (C=O) groups is 2. The third-order valence-corrected chi connectivity index (χ3v) is 4.10. The van der Waals surface area contributed by atoms with Gasteiger partial charge >= 0.3 is 6.01 Å². The van der Waals surface area contributed by atoms with Gasteiger partial charge < -0.3 is 14.2 Å². The van der Waals surface area contributed by atoms with Gasteiger partial charge in [-0.25, -0.2) is 0 Å². The van der Waals surface area contributed by atoms with Crippen LogP contribution in [0, 0.1) is 0 Å². The zero-order valence-corrected chi connectivity index (χ0v) is 15.4. The lowest BCUT2D eigenvalue weighted by molar-refractivity contribution is -0.114. The molecular weight excluding hydrogens is 382 g/mol. The molecule has 0 radical (unpaired) electrons. The molecule has 2 N–H and O–H groups in total. The first-order valence-electron chi connectivity index (χ1n) is 8.33. The maximum absolute atomic E-state index is 12.4. The normalized spacial score (nSPS) is 10.8. The SMILES string of the molecule is CC(=O)Nc1ccc2nc(NC(=O)c3ccc(-c4cccc(Cl)c4)o3)oc2c1. The summed E-state index contributed by atoms with van der Waals surface area (Å²) in [5.41, 5.74) is 2.31. The van der Waals surface area contributed by atoms with Crippen molar-refractivity contribution in [3.63, 3.8) is 0 Å². The molecule has 0 unspecified atom stereocenters. The van der Waals surface area contributed by atoms with Crippen LogP contribution in [0.15, 0.2) is 63.4 Å². The van der Waals surface area contributed by atoms with E-state index in [1.165, 1.54) is 6.92 Å². The summed E-state index contributed by atoms with van der Waals surface area (Å²) < 4.78 is 11.1. The molecule has 0 aliphatic rings. The Morgan fingerprint density at radius 3 is 2.64 bits per heavy atom. The summed E-state index contributed by atoms with van der Waals surface area (Å²) in [5, 5.41) is 5.79. The Hall–Kier alpha value is -3.58.